The molecule has 0 radical (unpaired) electrons. The molecule has 5 nitrogen and oxygen atoms in total. The molecule has 176 valence electrons. The number of rotatable bonds is 8. The van der Waals surface area contributed by atoms with Gasteiger partial charge in [0, 0.05) is 27.3 Å². The van der Waals surface area contributed by atoms with Gasteiger partial charge in [-0.2, -0.15) is 0 Å². The molecule has 0 saturated heterocycles. The average Bonchev–Trinajstić information content (AvgIpc) is 2.89. The maximum absolute atomic E-state index is 13.2. The predicted molar refractivity (Wildman–Crippen MR) is 138 cm³/mol. The molecule has 1 N–H and O–H groups in total. The number of halogens is 1. The van der Waals surface area contributed by atoms with E-state index in [1.807, 2.05) is 37.3 Å². The van der Waals surface area contributed by atoms with Gasteiger partial charge in [0.2, 0.25) is 0 Å². The second-order valence-electron chi connectivity index (χ2n) is 7.92. The Kier molecular flexibility index (Phi) is 7.48. The first-order chi connectivity index (χ1) is 17.0. The van der Waals surface area contributed by atoms with Gasteiger partial charge in [-0.1, -0.05) is 60.1 Å². The lowest BCUT2D eigenvalue weighted by Gasteiger charge is -2.14. The van der Waals surface area contributed by atoms with Crippen LogP contribution >= 0.6 is 11.6 Å². The maximum Gasteiger partial charge on any atom is 0.255 e. The fourth-order valence-corrected chi connectivity index (χ4v) is 3.83. The summed E-state index contributed by atoms with van der Waals surface area (Å²) in [5.41, 5.74) is 3.34. The molecule has 0 bridgehead atoms. The third kappa shape index (κ3) is 5.70. The van der Waals surface area contributed by atoms with E-state index in [4.69, 9.17) is 21.1 Å². The number of aryl methyl sites for hydroxylation is 1. The third-order valence-corrected chi connectivity index (χ3v) is 5.76. The van der Waals surface area contributed by atoms with E-state index in [-0.39, 0.29) is 18.3 Å². The molecule has 0 fully saturated rings. The number of para-hydroxylation sites is 1. The number of methoxy groups -OCH3 is 1. The summed E-state index contributed by atoms with van der Waals surface area (Å²) in [7, 11) is 1.57. The molecule has 0 aliphatic rings. The number of carbonyl (C=O) groups excluding carboxylic acids is 2. The number of benzene rings is 4. The van der Waals surface area contributed by atoms with Crippen LogP contribution in [0.2, 0.25) is 5.02 Å². The smallest absolute Gasteiger partial charge is 0.255 e. The minimum Gasteiger partial charge on any atom is -0.496 e. The molecular weight excluding hydrogens is 462 g/mol. The molecule has 0 aliphatic carbocycles. The monoisotopic (exact) mass is 485 g/mol. The molecule has 1 amide bonds. The minimum absolute atomic E-state index is 0.230. The number of hydrogen-bond acceptors (Lipinski definition) is 4. The van der Waals surface area contributed by atoms with Crippen molar-refractivity contribution in [2.75, 3.05) is 12.4 Å². The van der Waals surface area contributed by atoms with Crippen LogP contribution in [-0.4, -0.2) is 18.8 Å². The van der Waals surface area contributed by atoms with Crippen LogP contribution in [0.5, 0.6) is 11.5 Å². The number of nitrogens with one attached hydrogen (secondary N) is 1. The summed E-state index contributed by atoms with van der Waals surface area (Å²) in [5, 5.41) is 3.26. The van der Waals surface area contributed by atoms with Gasteiger partial charge in [-0.05, 0) is 55.0 Å². The van der Waals surface area contributed by atoms with Crippen molar-refractivity contribution in [1.29, 1.82) is 0 Å². The van der Waals surface area contributed by atoms with E-state index >= 15 is 0 Å². The van der Waals surface area contributed by atoms with Crippen LogP contribution in [0, 0.1) is 6.92 Å². The average molecular weight is 486 g/mol. The van der Waals surface area contributed by atoms with Crippen LogP contribution < -0.4 is 14.8 Å². The molecule has 35 heavy (non-hydrogen) atoms. The Bertz CT molecular complexity index is 1370. The Balaban J connectivity index is 1.58. The molecule has 4 aromatic rings. The van der Waals surface area contributed by atoms with E-state index in [0.29, 0.717) is 33.1 Å². The maximum atomic E-state index is 13.2. The van der Waals surface area contributed by atoms with Crippen LogP contribution in [0.1, 0.15) is 37.4 Å². The van der Waals surface area contributed by atoms with Gasteiger partial charge in [-0.25, -0.2) is 0 Å². The van der Waals surface area contributed by atoms with Gasteiger partial charge in [0.05, 0.1) is 12.8 Å². The fraction of sp³-hybridized carbons (Fsp3) is 0.103. The topological polar surface area (TPSA) is 64.6 Å². The summed E-state index contributed by atoms with van der Waals surface area (Å²) < 4.78 is 11.4. The molecule has 0 aliphatic heterocycles. The number of hydrogen-bond donors (Lipinski definition) is 1. The van der Waals surface area contributed by atoms with E-state index in [9.17, 15) is 9.59 Å². The first-order valence-corrected chi connectivity index (χ1v) is 11.4. The van der Waals surface area contributed by atoms with Crippen molar-refractivity contribution < 1.29 is 19.1 Å². The van der Waals surface area contributed by atoms with Crippen molar-refractivity contribution >= 4 is 29.0 Å². The number of anilines is 1. The Labute approximate surface area is 209 Å². The van der Waals surface area contributed by atoms with Crippen molar-refractivity contribution in [3.63, 3.8) is 0 Å². The number of amides is 1. The van der Waals surface area contributed by atoms with Gasteiger partial charge >= 0.3 is 0 Å². The molecule has 0 aromatic heterocycles. The lowest BCUT2D eigenvalue weighted by atomic mass is 10.0. The molecule has 4 rings (SSSR count). The quantitative estimate of drug-likeness (QED) is 0.281. The first kappa shape index (κ1) is 24.0. The van der Waals surface area contributed by atoms with Crippen LogP contribution in [0.4, 0.5) is 5.69 Å². The molecular formula is C29H24ClNO4. The number of ether oxygens (including phenoxy) is 2. The number of carbonyl (C=O) groups is 2. The molecule has 4 aromatic carbocycles. The van der Waals surface area contributed by atoms with Crippen LogP contribution in [0.3, 0.4) is 0 Å². The molecule has 0 atom stereocenters. The van der Waals surface area contributed by atoms with Crippen molar-refractivity contribution in [2.24, 2.45) is 0 Å². The Hall–Kier alpha value is -4.09. The van der Waals surface area contributed by atoms with Gasteiger partial charge in [0.1, 0.15) is 18.1 Å². The highest BCUT2D eigenvalue weighted by Crippen LogP contribution is 2.27. The second kappa shape index (κ2) is 10.9. The summed E-state index contributed by atoms with van der Waals surface area (Å²) in [6, 6.07) is 26.5. The molecule has 0 unspecified atom stereocenters. The normalized spacial score (nSPS) is 10.5. The summed E-state index contributed by atoms with van der Waals surface area (Å²) in [6.07, 6.45) is 0. The highest BCUT2D eigenvalue weighted by molar-refractivity contribution is 6.31. The van der Waals surface area contributed by atoms with Gasteiger partial charge in [0.15, 0.2) is 5.78 Å². The van der Waals surface area contributed by atoms with Crippen molar-refractivity contribution in [3.8, 4) is 11.5 Å². The Morgan fingerprint density at radius 3 is 2.31 bits per heavy atom. The standard InChI is InChI=1S/C29H24ClNO4/c1-19-8-6-7-11-26(19)35-18-22-16-21(12-15-27(22)34-2)29(33)31-25-14-13-23(30)17-24(25)28(32)20-9-4-3-5-10-20/h3-17H,18H2,1-2H3,(H,31,33). The highest BCUT2D eigenvalue weighted by atomic mass is 35.5. The fourth-order valence-electron chi connectivity index (χ4n) is 3.66. The first-order valence-electron chi connectivity index (χ1n) is 11.0. The predicted octanol–water partition coefficient (Wildman–Crippen LogP) is 6.72. The minimum atomic E-state index is -0.366. The van der Waals surface area contributed by atoms with Gasteiger partial charge in [-0.15, -0.1) is 0 Å². The Morgan fingerprint density at radius 2 is 1.57 bits per heavy atom. The van der Waals surface area contributed by atoms with Gasteiger partial charge in [-0.3, -0.25) is 9.59 Å². The molecule has 0 spiro atoms. The highest BCUT2D eigenvalue weighted by Gasteiger charge is 2.18. The lowest BCUT2D eigenvalue weighted by Crippen LogP contribution is -2.16. The van der Waals surface area contributed by atoms with E-state index in [0.717, 1.165) is 16.9 Å². The summed E-state index contributed by atoms with van der Waals surface area (Å²) in [4.78, 5) is 26.2. The zero-order chi connectivity index (χ0) is 24.8. The lowest BCUT2D eigenvalue weighted by molar-refractivity contribution is 0.102. The summed E-state index contributed by atoms with van der Waals surface area (Å²) in [5.74, 6) is 0.774. The Morgan fingerprint density at radius 1 is 0.829 bits per heavy atom. The van der Waals surface area contributed by atoms with Gasteiger partial charge < -0.3 is 14.8 Å². The third-order valence-electron chi connectivity index (χ3n) is 5.53. The summed E-state index contributed by atoms with van der Waals surface area (Å²) >= 11 is 6.16. The van der Waals surface area contributed by atoms with E-state index in [1.54, 1.807) is 67.8 Å². The molecule has 0 saturated carbocycles. The van der Waals surface area contributed by atoms with E-state index in [1.165, 1.54) is 0 Å². The number of ketones is 1. The molecule has 0 heterocycles. The van der Waals surface area contributed by atoms with Crippen LogP contribution in [0.15, 0.2) is 91.0 Å². The molecule has 6 heteroatoms. The van der Waals surface area contributed by atoms with E-state index in [2.05, 4.69) is 5.32 Å². The van der Waals surface area contributed by atoms with Gasteiger partial charge in [0.25, 0.3) is 5.91 Å². The van der Waals surface area contributed by atoms with E-state index < -0.39 is 0 Å². The largest absolute Gasteiger partial charge is 0.496 e. The van der Waals surface area contributed by atoms with Crippen molar-refractivity contribution in [1.82, 2.24) is 0 Å². The SMILES string of the molecule is COc1ccc(C(=O)Nc2ccc(Cl)cc2C(=O)c2ccccc2)cc1COc1ccccc1C. The summed E-state index contributed by atoms with van der Waals surface area (Å²) in [6.45, 7) is 2.20. The van der Waals surface area contributed by atoms with Crippen molar-refractivity contribution in [2.45, 2.75) is 13.5 Å². The van der Waals surface area contributed by atoms with Crippen molar-refractivity contribution in [3.05, 3.63) is 124 Å². The van der Waals surface area contributed by atoms with Crippen LogP contribution in [-0.2, 0) is 6.61 Å². The zero-order valence-corrected chi connectivity index (χ0v) is 20.1. The second-order valence-corrected chi connectivity index (χ2v) is 8.36. The zero-order valence-electron chi connectivity index (χ0n) is 19.4. The van der Waals surface area contributed by atoms with Crippen LogP contribution in [0.25, 0.3) is 0 Å².